The van der Waals surface area contributed by atoms with Gasteiger partial charge in [-0.3, -0.25) is 4.79 Å². The number of halogens is 4. The minimum absolute atomic E-state index is 0.0915. The number of hydrogen-bond donors (Lipinski definition) is 2. The molecule has 0 aliphatic carbocycles. The first kappa shape index (κ1) is 15.4. The van der Waals surface area contributed by atoms with Gasteiger partial charge in [0, 0.05) is 6.54 Å². The highest BCUT2D eigenvalue weighted by Crippen LogP contribution is 2.21. The largest absolute Gasteiger partial charge is 0.481 e. The van der Waals surface area contributed by atoms with Gasteiger partial charge >= 0.3 is 18.3 Å². The minimum Gasteiger partial charge on any atom is -0.481 e. The number of nitrogens with one attached hydrogen (secondary N) is 1. The second-order valence-corrected chi connectivity index (χ2v) is 4.00. The van der Waals surface area contributed by atoms with Crippen LogP contribution in [0.2, 0.25) is 0 Å². The molecule has 0 aliphatic heterocycles. The number of alkyl halides is 4. The van der Waals surface area contributed by atoms with Crippen molar-refractivity contribution in [1.82, 2.24) is 5.32 Å². The van der Waals surface area contributed by atoms with Crippen molar-refractivity contribution in [2.75, 3.05) is 6.54 Å². The summed E-state index contributed by atoms with van der Waals surface area (Å²) in [5, 5.41) is 10.9. The van der Waals surface area contributed by atoms with Crippen LogP contribution in [0.1, 0.15) is 11.1 Å². The smallest absolute Gasteiger partial charge is 0.319 e. The standard InChI is InChI=1S/C12H13F4NO2/c13-11(14)12(15,16)7-17-6-9-4-2-1-3-8(9)5-10(18)19/h1-4,11,17H,5-7H2,(H,18,19). The summed E-state index contributed by atoms with van der Waals surface area (Å²) in [7, 11) is 0. The molecule has 0 saturated carbocycles. The fourth-order valence-corrected chi connectivity index (χ4v) is 1.51. The molecule has 3 nitrogen and oxygen atoms in total. The zero-order valence-electron chi connectivity index (χ0n) is 9.88. The lowest BCUT2D eigenvalue weighted by molar-refractivity contribution is -0.136. The zero-order valence-corrected chi connectivity index (χ0v) is 9.88. The Bertz CT molecular complexity index is 437. The van der Waals surface area contributed by atoms with Crippen molar-refractivity contribution in [1.29, 1.82) is 0 Å². The van der Waals surface area contributed by atoms with Crippen LogP contribution in [0.5, 0.6) is 0 Å². The van der Waals surface area contributed by atoms with E-state index in [1.165, 1.54) is 0 Å². The Morgan fingerprint density at radius 2 is 1.84 bits per heavy atom. The molecule has 1 rings (SSSR count). The first-order chi connectivity index (χ1) is 8.83. The molecule has 1 aromatic rings. The predicted octanol–water partition coefficient (Wildman–Crippen LogP) is 2.30. The van der Waals surface area contributed by atoms with Crippen LogP contribution in [0, 0.1) is 0 Å². The molecule has 2 N–H and O–H groups in total. The summed E-state index contributed by atoms with van der Waals surface area (Å²) in [6.45, 7) is -1.25. The molecule has 1 aromatic carbocycles. The number of hydrogen-bond acceptors (Lipinski definition) is 2. The topological polar surface area (TPSA) is 49.3 Å². The number of carboxylic acids is 1. The van der Waals surface area contributed by atoms with Gasteiger partial charge in [-0.1, -0.05) is 24.3 Å². The quantitative estimate of drug-likeness (QED) is 0.753. The van der Waals surface area contributed by atoms with E-state index < -0.39 is 24.9 Å². The molecule has 0 aromatic heterocycles. The van der Waals surface area contributed by atoms with E-state index >= 15 is 0 Å². The molecule has 0 radical (unpaired) electrons. The molecule has 7 heteroatoms. The van der Waals surface area contributed by atoms with Gasteiger partial charge in [-0.15, -0.1) is 0 Å². The fourth-order valence-electron chi connectivity index (χ4n) is 1.51. The van der Waals surface area contributed by atoms with Crippen LogP contribution in [-0.4, -0.2) is 30.0 Å². The van der Waals surface area contributed by atoms with Gasteiger partial charge in [0.2, 0.25) is 0 Å². The van der Waals surface area contributed by atoms with Crippen molar-refractivity contribution < 1.29 is 27.5 Å². The molecule has 0 aliphatic rings. The molecule has 0 atom stereocenters. The molecule has 0 unspecified atom stereocenters. The highest BCUT2D eigenvalue weighted by Gasteiger charge is 2.39. The van der Waals surface area contributed by atoms with E-state index in [0.717, 1.165) is 0 Å². The molecule has 19 heavy (non-hydrogen) atoms. The fraction of sp³-hybridized carbons (Fsp3) is 0.417. The van der Waals surface area contributed by atoms with Crippen LogP contribution >= 0.6 is 0 Å². The minimum atomic E-state index is -4.10. The second kappa shape index (κ2) is 6.51. The van der Waals surface area contributed by atoms with E-state index in [-0.39, 0.29) is 13.0 Å². The Kier molecular flexibility index (Phi) is 5.29. The molecule has 106 valence electrons. The van der Waals surface area contributed by atoms with Crippen LogP contribution in [0.25, 0.3) is 0 Å². The van der Waals surface area contributed by atoms with Crippen molar-refractivity contribution in [2.45, 2.75) is 25.3 Å². The Balaban J connectivity index is 2.61. The van der Waals surface area contributed by atoms with Gasteiger partial charge in [0.05, 0.1) is 13.0 Å². The molecule has 0 saturated heterocycles. The lowest BCUT2D eigenvalue weighted by atomic mass is 10.0. The van der Waals surface area contributed by atoms with Gasteiger partial charge in [-0.25, -0.2) is 8.78 Å². The highest BCUT2D eigenvalue weighted by atomic mass is 19.3. The first-order valence-corrected chi connectivity index (χ1v) is 5.48. The van der Waals surface area contributed by atoms with E-state index in [1.807, 2.05) is 0 Å². The molecule has 0 spiro atoms. The summed E-state index contributed by atoms with van der Waals surface area (Å²) >= 11 is 0. The van der Waals surface area contributed by atoms with Crippen molar-refractivity contribution >= 4 is 5.97 Å². The average molecular weight is 279 g/mol. The lowest BCUT2D eigenvalue weighted by Crippen LogP contribution is -2.38. The molecule has 0 heterocycles. The average Bonchev–Trinajstić information content (AvgIpc) is 2.30. The summed E-state index contributed by atoms with van der Waals surface area (Å²) in [6, 6.07) is 6.35. The molecule has 0 bridgehead atoms. The van der Waals surface area contributed by atoms with Gasteiger partial charge in [-0.05, 0) is 11.1 Å². The Labute approximate surface area is 107 Å². The number of carbonyl (C=O) groups is 1. The Hall–Kier alpha value is -1.63. The third-order valence-electron chi connectivity index (χ3n) is 2.46. The number of aliphatic carboxylic acids is 1. The third kappa shape index (κ3) is 4.86. The van der Waals surface area contributed by atoms with E-state index in [2.05, 4.69) is 5.32 Å². The normalized spacial score (nSPS) is 11.8. The maximum atomic E-state index is 12.7. The monoisotopic (exact) mass is 279 g/mol. The number of carboxylic acid groups (broad SMARTS) is 1. The molecule has 0 fully saturated rings. The zero-order chi connectivity index (χ0) is 14.5. The predicted molar refractivity (Wildman–Crippen MR) is 60.4 cm³/mol. The molecular weight excluding hydrogens is 266 g/mol. The van der Waals surface area contributed by atoms with E-state index in [1.54, 1.807) is 24.3 Å². The Morgan fingerprint density at radius 3 is 2.37 bits per heavy atom. The maximum absolute atomic E-state index is 12.7. The summed E-state index contributed by atoms with van der Waals surface area (Å²) in [5.41, 5.74) is 0.956. The van der Waals surface area contributed by atoms with E-state index in [4.69, 9.17) is 5.11 Å². The van der Waals surface area contributed by atoms with Gasteiger partial charge in [-0.2, -0.15) is 8.78 Å². The molecular formula is C12H13F4NO2. The first-order valence-electron chi connectivity index (χ1n) is 5.48. The van der Waals surface area contributed by atoms with Crippen LogP contribution in [0.15, 0.2) is 24.3 Å². The van der Waals surface area contributed by atoms with Crippen molar-refractivity contribution in [3.05, 3.63) is 35.4 Å². The Morgan fingerprint density at radius 1 is 1.26 bits per heavy atom. The lowest BCUT2D eigenvalue weighted by Gasteiger charge is -2.16. The second-order valence-electron chi connectivity index (χ2n) is 4.00. The van der Waals surface area contributed by atoms with E-state index in [9.17, 15) is 22.4 Å². The van der Waals surface area contributed by atoms with Crippen molar-refractivity contribution in [2.24, 2.45) is 0 Å². The van der Waals surface area contributed by atoms with Gasteiger partial charge in [0.15, 0.2) is 0 Å². The van der Waals surface area contributed by atoms with Gasteiger partial charge < -0.3 is 10.4 Å². The number of benzene rings is 1. The van der Waals surface area contributed by atoms with Gasteiger partial charge in [0.25, 0.3) is 0 Å². The summed E-state index contributed by atoms with van der Waals surface area (Å²) in [6.07, 6.45) is -3.97. The highest BCUT2D eigenvalue weighted by molar-refractivity contribution is 5.70. The van der Waals surface area contributed by atoms with Gasteiger partial charge in [0.1, 0.15) is 0 Å². The molecule has 0 amide bonds. The van der Waals surface area contributed by atoms with E-state index in [0.29, 0.717) is 11.1 Å². The van der Waals surface area contributed by atoms with Crippen LogP contribution < -0.4 is 5.32 Å². The van der Waals surface area contributed by atoms with Crippen LogP contribution in [-0.2, 0) is 17.8 Å². The maximum Gasteiger partial charge on any atom is 0.319 e. The number of rotatable bonds is 7. The third-order valence-corrected chi connectivity index (χ3v) is 2.46. The van der Waals surface area contributed by atoms with Crippen LogP contribution in [0.3, 0.4) is 0 Å². The summed E-state index contributed by atoms with van der Waals surface area (Å²) in [4.78, 5) is 10.6. The summed E-state index contributed by atoms with van der Waals surface area (Å²) < 4.78 is 49.2. The van der Waals surface area contributed by atoms with Crippen molar-refractivity contribution in [3.8, 4) is 0 Å². The van der Waals surface area contributed by atoms with Crippen LogP contribution in [0.4, 0.5) is 17.6 Å². The van der Waals surface area contributed by atoms with Crippen molar-refractivity contribution in [3.63, 3.8) is 0 Å². The SMILES string of the molecule is O=C(O)Cc1ccccc1CNCC(F)(F)C(F)F. The summed E-state index contributed by atoms with van der Waals surface area (Å²) in [5.74, 6) is -5.15.